The van der Waals surface area contributed by atoms with Crippen molar-refractivity contribution in [2.45, 2.75) is 37.5 Å². The summed E-state index contributed by atoms with van der Waals surface area (Å²) in [6.45, 7) is 7.23. The molecule has 0 amide bonds. The van der Waals surface area contributed by atoms with Crippen molar-refractivity contribution in [2.75, 3.05) is 26.4 Å². The van der Waals surface area contributed by atoms with Gasteiger partial charge in [-0.1, -0.05) is 12.1 Å². The van der Waals surface area contributed by atoms with E-state index in [0.717, 1.165) is 39.0 Å². The van der Waals surface area contributed by atoms with Gasteiger partial charge in [0.1, 0.15) is 0 Å². The topological polar surface area (TPSA) is 34.6 Å². The third kappa shape index (κ3) is 3.51. The van der Waals surface area contributed by atoms with Crippen LogP contribution in [0, 0.1) is 0 Å². The third-order valence-corrected chi connectivity index (χ3v) is 4.50. The van der Waals surface area contributed by atoms with Crippen molar-refractivity contribution in [3.05, 3.63) is 42.7 Å². The van der Waals surface area contributed by atoms with Crippen LogP contribution in [0.1, 0.15) is 18.4 Å². The maximum Gasteiger partial charge on any atom is 0.0750 e. The van der Waals surface area contributed by atoms with Crippen LogP contribution in [0.4, 0.5) is 0 Å². The van der Waals surface area contributed by atoms with E-state index in [-0.39, 0.29) is 6.10 Å². The standard InChI is InChI=1S/C17H24N2O2/c1-2-9-21-17-5-8-19(15-6-10-20-13-15)16(17)11-14-4-3-7-18-12-14/h2-4,7,12,15-17H,1,5-6,8-11,13H2/t15-,16-,17-/m0/s1. The monoisotopic (exact) mass is 288 g/mol. The van der Waals surface area contributed by atoms with Gasteiger partial charge in [0.2, 0.25) is 0 Å². The summed E-state index contributed by atoms with van der Waals surface area (Å²) in [4.78, 5) is 6.83. The number of nitrogens with zero attached hydrogens (tertiary/aromatic N) is 2. The van der Waals surface area contributed by atoms with Crippen LogP contribution in [0.25, 0.3) is 0 Å². The van der Waals surface area contributed by atoms with Gasteiger partial charge in [-0.2, -0.15) is 0 Å². The molecule has 21 heavy (non-hydrogen) atoms. The van der Waals surface area contributed by atoms with Crippen molar-refractivity contribution in [3.63, 3.8) is 0 Å². The van der Waals surface area contributed by atoms with E-state index < -0.39 is 0 Å². The van der Waals surface area contributed by atoms with Crippen molar-refractivity contribution < 1.29 is 9.47 Å². The van der Waals surface area contributed by atoms with Gasteiger partial charge in [-0.3, -0.25) is 9.88 Å². The predicted molar refractivity (Wildman–Crippen MR) is 82.2 cm³/mol. The van der Waals surface area contributed by atoms with E-state index in [9.17, 15) is 0 Å². The zero-order valence-corrected chi connectivity index (χ0v) is 12.5. The second-order valence-corrected chi connectivity index (χ2v) is 5.84. The molecule has 114 valence electrons. The smallest absolute Gasteiger partial charge is 0.0750 e. The van der Waals surface area contributed by atoms with Gasteiger partial charge < -0.3 is 9.47 Å². The van der Waals surface area contributed by atoms with Crippen LogP contribution in [0.5, 0.6) is 0 Å². The summed E-state index contributed by atoms with van der Waals surface area (Å²) >= 11 is 0. The first-order chi connectivity index (χ1) is 10.4. The minimum atomic E-state index is 0.281. The Bertz CT molecular complexity index is 445. The lowest BCUT2D eigenvalue weighted by atomic mass is 10.0. The first-order valence-electron chi connectivity index (χ1n) is 7.83. The quantitative estimate of drug-likeness (QED) is 0.751. The fraction of sp³-hybridized carbons (Fsp3) is 0.588. The summed E-state index contributed by atoms with van der Waals surface area (Å²) in [7, 11) is 0. The molecule has 0 aliphatic carbocycles. The van der Waals surface area contributed by atoms with Crippen LogP contribution in [-0.2, 0) is 15.9 Å². The minimum Gasteiger partial charge on any atom is -0.380 e. The van der Waals surface area contributed by atoms with Gasteiger partial charge in [0.15, 0.2) is 0 Å². The first-order valence-corrected chi connectivity index (χ1v) is 7.83. The molecule has 0 N–H and O–H groups in total. The average molecular weight is 288 g/mol. The fourth-order valence-corrected chi connectivity index (χ4v) is 3.48. The molecule has 0 bridgehead atoms. The van der Waals surface area contributed by atoms with Crippen LogP contribution in [0.3, 0.4) is 0 Å². The summed E-state index contributed by atoms with van der Waals surface area (Å²) in [6.07, 6.45) is 9.13. The Morgan fingerprint density at radius 1 is 1.48 bits per heavy atom. The highest BCUT2D eigenvalue weighted by Crippen LogP contribution is 2.29. The molecule has 0 unspecified atom stereocenters. The number of pyridine rings is 1. The molecule has 3 heterocycles. The molecule has 0 radical (unpaired) electrons. The molecule has 1 aromatic rings. The van der Waals surface area contributed by atoms with Gasteiger partial charge in [0.25, 0.3) is 0 Å². The van der Waals surface area contributed by atoms with Crippen molar-refractivity contribution in [3.8, 4) is 0 Å². The van der Waals surface area contributed by atoms with E-state index in [1.807, 2.05) is 24.5 Å². The molecule has 4 heteroatoms. The number of ether oxygens (including phenoxy) is 2. The molecule has 3 rings (SSSR count). The maximum absolute atomic E-state index is 6.01. The van der Waals surface area contributed by atoms with Crippen molar-refractivity contribution in [1.82, 2.24) is 9.88 Å². The number of hydrogen-bond acceptors (Lipinski definition) is 4. The van der Waals surface area contributed by atoms with E-state index in [2.05, 4.69) is 22.5 Å². The van der Waals surface area contributed by atoms with Crippen LogP contribution < -0.4 is 0 Å². The molecule has 0 spiro atoms. The van der Waals surface area contributed by atoms with Crippen LogP contribution in [0.2, 0.25) is 0 Å². The molecule has 4 nitrogen and oxygen atoms in total. The summed E-state index contributed by atoms with van der Waals surface area (Å²) in [5, 5.41) is 0. The molecule has 3 atom stereocenters. The van der Waals surface area contributed by atoms with Gasteiger partial charge in [0.05, 0.1) is 19.3 Å². The van der Waals surface area contributed by atoms with Crippen LogP contribution >= 0.6 is 0 Å². The lowest BCUT2D eigenvalue weighted by Gasteiger charge is -2.32. The van der Waals surface area contributed by atoms with E-state index in [0.29, 0.717) is 18.7 Å². The second kappa shape index (κ2) is 7.16. The van der Waals surface area contributed by atoms with Gasteiger partial charge in [-0.05, 0) is 30.9 Å². The zero-order valence-electron chi connectivity index (χ0n) is 12.5. The van der Waals surface area contributed by atoms with Gasteiger partial charge in [0, 0.05) is 37.6 Å². The average Bonchev–Trinajstić information content (AvgIpc) is 3.16. The predicted octanol–water partition coefficient (Wildman–Crippen LogP) is 2.06. The maximum atomic E-state index is 6.01. The Kier molecular flexibility index (Phi) is 5.01. The highest BCUT2D eigenvalue weighted by molar-refractivity contribution is 5.12. The van der Waals surface area contributed by atoms with Gasteiger partial charge >= 0.3 is 0 Å². The lowest BCUT2D eigenvalue weighted by Crippen LogP contribution is -2.44. The van der Waals surface area contributed by atoms with Crippen molar-refractivity contribution >= 4 is 0 Å². The summed E-state index contributed by atoms with van der Waals surface area (Å²) in [5.41, 5.74) is 1.28. The van der Waals surface area contributed by atoms with E-state index in [4.69, 9.17) is 9.47 Å². The molecule has 2 saturated heterocycles. The molecule has 0 aromatic carbocycles. The van der Waals surface area contributed by atoms with Crippen LogP contribution in [0.15, 0.2) is 37.2 Å². The van der Waals surface area contributed by atoms with Crippen molar-refractivity contribution in [1.29, 1.82) is 0 Å². The molecule has 2 aliphatic heterocycles. The molecular weight excluding hydrogens is 264 g/mol. The highest BCUT2D eigenvalue weighted by atomic mass is 16.5. The highest BCUT2D eigenvalue weighted by Gasteiger charge is 2.39. The number of rotatable bonds is 6. The van der Waals surface area contributed by atoms with E-state index >= 15 is 0 Å². The summed E-state index contributed by atoms with van der Waals surface area (Å²) in [6, 6.07) is 5.12. The second-order valence-electron chi connectivity index (χ2n) is 5.84. The molecule has 1 aromatic heterocycles. The Balaban J connectivity index is 1.72. The normalized spacial score (nSPS) is 29.8. The van der Waals surface area contributed by atoms with Crippen LogP contribution in [-0.4, -0.2) is 54.4 Å². The third-order valence-electron chi connectivity index (χ3n) is 4.50. The number of aromatic nitrogens is 1. The molecule has 0 saturated carbocycles. The first kappa shape index (κ1) is 14.7. The Labute approximate surface area is 126 Å². The SMILES string of the molecule is C=CCO[C@H]1CCN([C@H]2CCOC2)[C@H]1Cc1cccnc1. The molecule has 2 fully saturated rings. The fourth-order valence-electron chi connectivity index (χ4n) is 3.48. The summed E-state index contributed by atoms with van der Waals surface area (Å²) in [5.74, 6) is 0. The minimum absolute atomic E-state index is 0.281. The lowest BCUT2D eigenvalue weighted by molar-refractivity contribution is 0.0317. The van der Waals surface area contributed by atoms with Gasteiger partial charge in [-0.25, -0.2) is 0 Å². The van der Waals surface area contributed by atoms with Crippen molar-refractivity contribution in [2.24, 2.45) is 0 Å². The largest absolute Gasteiger partial charge is 0.380 e. The van der Waals surface area contributed by atoms with E-state index in [1.54, 1.807) is 0 Å². The number of hydrogen-bond donors (Lipinski definition) is 0. The summed E-state index contributed by atoms with van der Waals surface area (Å²) < 4.78 is 11.6. The molecule has 2 aliphatic rings. The van der Waals surface area contributed by atoms with Gasteiger partial charge in [-0.15, -0.1) is 6.58 Å². The Morgan fingerprint density at radius 3 is 3.14 bits per heavy atom. The Morgan fingerprint density at radius 2 is 2.43 bits per heavy atom. The van der Waals surface area contributed by atoms with E-state index in [1.165, 1.54) is 5.56 Å². The number of likely N-dealkylation sites (tertiary alicyclic amines) is 1. The zero-order chi connectivity index (χ0) is 14.5. The molecular formula is C17H24N2O2. The Hall–Kier alpha value is -1.23.